The first-order chi connectivity index (χ1) is 9.46. The molecule has 1 rings (SSSR count). The van der Waals surface area contributed by atoms with E-state index in [-0.39, 0.29) is 12.6 Å². The van der Waals surface area contributed by atoms with Crippen molar-refractivity contribution in [2.45, 2.75) is 39.5 Å². The zero-order chi connectivity index (χ0) is 15.0. The monoisotopic (exact) mass is 286 g/mol. The van der Waals surface area contributed by atoms with Crippen LogP contribution in [0.3, 0.4) is 0 Å². The SMILES string of the molecule is CC(C)COCCCNC(=O)NCC1(C(=O)O)CCC1. The number of carbonyl (C=O) groups excluding carboxylic acids is 1. The topological polar surface area (TPSA) is 87.7 Å². The summed E-state index contributed by atoms with van der Waals surface area (Å²) in [5.74, 6) is -0.299. The number of hydrogen-bond acceptors (Lipinski definition) is 3. The van der Waals surface area contributed by atoms with E-state index in [0.717, 1.165) is 19.4 Å². The second-order valence-electron chi connectivity index (χ2n) is 5.87. The normalized spacial score (nSPS) is 16.6. The van der Waals surface area contributed by atoms with Crippen LogP contribution in [0.4, 0.5) is 4.79 Å². The number of rotatable bonds is 9. The molecule has 1 aliphatic carbocycles. The third-order valence-electron chi connectivity index (χ3n) is 3.55. The zero-order valence-corrected chi connectivity index (χ0v) is 12.4. The highest BCUT2D eigenvalue weighted by Gasteiger charge is 2.44. The molecule has 20 heavy (non-hydrogen) atoms. The summed E-state index contributed by atoms with van der Waals surface area (Å²) in [4.78, 5) is 22.7. The van der Waals surface area contributed by atoms with Gasteiger partial charge in [0, 0.05) is 26.3 Å². The molecule has 0 unspecified atom stereocenters. The van der Waals surface area contributed by atoms with E-state index in [0.29, 0.717) is 31.9 Å². The molecule has 1 saturated carbocycles. The fraction of sp³-hybridized carbons (Fsp3) is 0.857. The third-order valence-corrected chi connectivity index (χ3v) is 3.55. The minimum atomic E-state index is -0.814. The minimum Gasteiger partial charge on any atom is -0.481 e. The van der Waals surface area contributed by atoms with Crippen LogP contribution in [-0.2, 0) is 9.53 Å². The van der Waals surface area contributed by atoms with Crippen molar-refractivity contribution in [1.82, 2.24) is 10.6 Å². The van der Waals surface area contributed by atoms with Crippen LogP contribution in [0.15, 0.2) is 0 Å². The van der Waals surface area contributed by atoms with Crippen molar-refractivity contribution in [2.24, 2.45) is 11.3 Å². The van der Waals surface area contributed by atoms with Crippen molar-refractivity contribution in [1.29, 1.82) is 0 Å². The summed E-state index contributed by atoms with van der Waals surface area (Å²) in [7, 11) is 0. The van der Waals surface area contributed by atoms with Gasteiger partial charge in [-0.2, -0.15) is 0 Å². The van der Waals surface area contributed by atoms with E-state index < -0.39 is 11.4 Å². The molecule has 116 valence electrons. The number of carboxylic acids is 1. The molecular weight excluding hydrogens is 260 g/mol. The van der Waals surface area contributed by atoms with Gasteiger partial charge < -0.3 is 20.5 Å². The largest absolute Gasteiger partial charge is 0.481 e. The van der Waals surface area contributed by atoms with Crippen molar-refractivity contribution in [3.05, 3.63) is 0 Å². The molecule has 0 aromatic heterocycles. The van der Waals surface area contributed by atoms with Crippen LogP contribution in [0, 0.1) is 11.3 Å². The molecule has 0 saturated heterocycles. The number of aliphatic carboxylic acids is 1. The molecule has 1 fully saturated rings. The van der Waals surface area contributed by atoms with E-state index in [1.807, 2.05) is 0 Å². The molecular formula is C14H26N2O4. The van der Waals surface area contributed by atoms with E-state index in [1.54, 1.807) is 0 Å². The van der Waals surface area contributed by atoms with Gasteiger partial charge in [0.25, 0.3) is 0 Å². The fourth-order valence-electron chi connectivity index (χ4n) is 2.08. The summed E-state index contributed by atoms with van der Waals surface area (Å²) in [5.41, 5.74) is -0.738. The van der Waals surface area contributed by atoms with Crippen LogP contribution < -0.4 is 10.6 Å². The Balaban J connectivity index is 2.05. The van der Waals surface area contributed by atoms with Crippen LogP contribution in [0.25, 0.3) is 0 Å². The highest BCUT2D eigenvalue weighted by atomic mass is 16.5. The first-order valence-electron chi connectivity index (χ1n) is 7.29. The van der Waals surface area contributed by atoms with Crippen molar-refractivity contribution >= 4 is 12.0 Å². The van der Waals surface area contributed by atoms with Gasteiger partial charge in [-0.3, -0.25) is 4.79 Å². The van der Waals surface area contributed by atoms with E-state index in [4.69, 9.17) is 9.84 Å². The summed E-state index contributed by atoms with van der Waals surface area (Å²) in [5, 5.41) is 14.5. The van der Waals surface area contributed by atoms with Gasteiger partial charge in [0.05, 0.1) is 5.41 Å². The van der Waals surface area contributed by atoms with Gasteiger partial charge in [0.2, 0.25) is 0 Å². The Kier molecular flexibility index (Phi) is 6.78. The van der Waals surface area contributed by atoms with E-state index >= 15 is 0 Å². The molecule has 0 aromatic carbocycles. The molecule has 6 nitrogen and oxygen atoms in total. The Labute approximate surface area is 120 Å². The van der Waals surface area contributed by atoms with E-state index in [1.165, 1.54) is 0 Å². The number of nitrogens with one attached hydrogen (secondary N) is 2. The van der Waals surface area contributed by atoms with Crippen LogP contribution in [0.2, 0.25) is 0 Å². The number of hydrogen-bond donors (Lipinski definition) is 3. The highest BCUT2D eigenvalue weighted by Crippen LogP contribution is 2.40. The predicted octanol–water partition coefficient (Wildman–Crippen LogP) is 1.60. The number of carbonyl (C=O) groups is 2. The molecule has 0 atom stereocenters. The van der Waals surface area contributed by atoms with Crippen molar-refractivity contribution < 1.29 is 19.4 Å². The maximum atomic E-state index is 11.5. The molecule has 6 heteroatoms. The van der Waals surface area contributed by atoms with Gasteiger partial charge in [-0.1, -0.05) is 20.3 Å². The average molecular weight is 286 g/mol. The number of urea groups is 1. The molecule has 3 N–H and O–H groups in total. The Morgan fingerprint density at radius 3 is 2.50 bits per heavy atom. The second kappa shape index (κ2) is 8.09. The van der Waals surface area contributed by atoms with Gasteiger partial charge in [0.1, 0.15) is 0 Å². The molecule has 0 spiro atoms. The lowest BCUT2D eigenvalue weighted by atomic mass is 9.69. The smallest absolute Gasteiger partial charge is 0.314 e. The third kappa shape index (κ3) is 5.36. The maximum Gasteiger partial charge on any atom is 0.314 e. The molecule has 2 amide bonds. The second-order valence-corrected chi connectivity index (χ2v) is 5.87. The Morgan fingerprint density at radius 1 is 1.30 bits per heavy atom. The Morgan fingerprint density at radius 2 is 2.00 bits per heavy atom. The zero-order valence-electron chi connectivity index (χ0n) is 12.4. The summed E-state index contributed by atoms with van der Waals surface area (Å²) in [6.07, 6.45) is 2.96. The van der Waals surface area contributed by atoms with Crippen molar-refractivity contribution in [2.75, 3.05) is 26.3 Å². The number of amides is 2. The van der Waals surface area contributed by atoms with Gasteiger partial charge in [-0.25, -0.2) is 4.79 Å². The van der Waals surface area contributed by atoms with Gasteiger partial charge in [-0.15, -0.1) is 0 Å². The molecule has 0 bridgehead atoms. The first kappa shape index (κ1) is 16.8. The molecule has 0 heterocycles. The molecule has 1 aliphatic rings. The molecule has 0 aliphatic heterocycles. The van der Waals surface area contributed by atoms with Crippen LogP contribution in [0.5, 0.6) is 0 Å². The fourth-order valence-corrected chi connectivity index (χ4v) is 2.08. The predicted molar refractivity (Wildman–Crippen MR) is 75.6 cm³/mol. The lowest BCUT2D eigenvalue weighted by Crippen LogP contribution is -2.49. The molecule has 0 radical (unpaired) electrons. The Bertz CT molecular complexity index is 327. The lowest BCUT2D eigenvalue weighted by Gasteiger charge is -2.37. The minimum absolute atomic E-state index is 0.206. The van der Waals surface area contributed by atoms with E-state index in [2.05, 4.69) is 24.5 Å². The summed E-state index contributed by atoms with van der Waals surface area (Å²) in [6, 6.07) is -0.304. The lowest BCUT2D eigenvalue weighted by molar-refractivity contribution is -0.153. The van der Waals surface area contributed by atoms with Gasteiger partial charge in [0.15, 0.2) is 0 Å². The van der Waals surface area contributed by atoms with Crippen LogP contribution in [-0.4, -0.2) is 43.4 Å². The van der Waals surface area contributed by atoms with Crippen molar-refractivity contribution in [3.63, 3.8) is 0 Å². The quantitative estimate of drug-likeness (QED) is 0.562. The number of ether oxygens (including phenoxy) is 1. The standard InChI is InChI=1S/C14H26N2O4/c1-11(2)9-20-8-4-7-15-13(19)16-10-14(12(17)18)5-3-6-14/h11H,3-10H2,1-2H3,(H,17,18)(H2,15,16,19). The average Bonchev–Trinajstić information content (AvgIpc) is 2.31. The molecule has 0 aromatic rings. The van der Waals surface area contributed by atoms with E-state index in [9.17, 15) is 9.59 Å². The summed E-state index contributed by atoms with van der Waals surface area (Å²) in [6.45, 7) is 6.27. The van der Waals surface area contributed by atoms with Crippen LogP contribution in [0.1, 0.15) is 39.5 Å². The summed E-state index contributed by atoms with van der Waals surface area (Å²) >= 11 is 0. The summed E-state index contributed by atoms with van der Waals surface area (Å²) < 4.78 is 5.40. The maximum absolute atomic E-state index is 11.5. The first-order valence-corrected chi connectivity index (χ1v) is 7.29. The number of carboxylic acid groups (broad SMARTS) is 1. The van der Waals surface area contributed by atoms with Gasteiger partial charge >= 0.3 is 12.0 Å². The Hall–Kier alpha value is -1.30. The highest BCUT2D eigenvalue weighted by molar-refractivity contribution is 5.78. The van der Waals surface area contributed by atoms with Crippen molar-refractivity contribution in [3.8, 4) is 0 Å². The van der Waals surface area contributed by atoms with Crippen LogP contribution >= 0.6 is 0 Å². The van der Waals surface area contributed by atoms with Gasteiger partial charge in [-0.05, 0) is 25.2 Å².